The lowest BCUT2D eigenvalue weighted by molar-refractivity contribution is -0.124. The van der Waals surface area contributed by atoms with E-state index < -0.39 is 0 Å². The van der Waals surface area contributed by atoms with Crippen molar-refractivity contribution >= 4 is 5.78 Å². The number of rotatable bonds is 6. The molecular weight excluding hydrogens is 190 g/mol. The third kappa shape index (κ3) is 3.92. The van der Waals surface area contributed by atoms with E-state index in [1.807, 2.05) is 7.05 Å². The van der Waals surface area contributed by atoms with Crippen LogP contribution in [0, 0.1) is 5.92 Å². The number of likely N-dealkylation sites (N-methyl/N-ethyl adjacent to an activating group) is 1. The highest BCUT2D eigenvalue weighted by Crippen LogP contribution is 2.14. The summed E-state index contributed by atoms with van der Waals surface area (Å²) in [5, 5.41) is 0. The van der Waals surface area contributed by atoms with Gasteiger partial charge in [-0.05, 0) is 26.8 Å². The van der Waals surface area contributed by atoms with Crippen LogP contribution in [-0.2, 0) is 9.53 Å². The number of ether oxygens (including phenoxy) is 1. The summed E-state index contributed by atoms with van der Waals surface area (Å²) in [6.07, 6.45) is 3.24. The first kappa shape index (κ1) is 12.7. The highest BCUT2D eigenvalue weighted by molar-refractivity contribution is 5.83. The standard InChI is InChI=1S/C12H23NO2/c1-4-5-10(2)13(3)8-12(14)11-6-7-15-9-11/h10-11H,4-9H2,1-3H3. The van der Waals surface area contributed by atoms with E-state index in [0.29, 0.717) is 25.0 Å². The Labute approximate surface area is 92.8 Å². The molecule has 1 heterocycles. The first-order chi connectivity index (χ1) is 7.15. The molecule has 1 fully saturated rings. The quantitative estimate of drug-likeness (QED) is 0.672. The summed E-state index contributed by atoms with van der Waals surface area (Å²) >= 11 is 0. The Kier molecular flexibility index (Phi) is 5.26. The van der Waals surface area contributed by atoms with Crippen molar-refractivity contribution in [2.24, 2.45) is 5.92 Å². The van der Waals surface area contributed by atoms with Crippen molar-refractivity contribution in [1.29, 1.82) is 0 Å². The number of Topliss-reactive ketones (excluding diaryl/α,β-unsaturated/α-hetero) is 1. The van der Waals surface area contributed by atoms with Gasteiger partial charge in [-0.25, -0.2) is 0 Å². The Morgan fingerprint density at radius 1 is 1.60 bits per heavy atom. The average molecular weight is 213 g/mol. The minimum Gasteiger partial charge on any atom is -0.381 e. The molecule has 0 radical (unpaired) electrons. The van der Waals surface area contributed by atoms with Gasteiger partial charge in [0.1, 0.15) is 0 Å². The summed E-state index contributed by atoms with van der Waals surface area (Å²) in [5.41, 5.74) is 0. The van der Waals surface area contributed by atoms with E-state index in [-0.39, 0.29) is 5.92 Å². The number of nitrogens with zero attached hydrogens (tertiary/aromatic N) is 1. The SMILES string of the molecule is CCCC(C)N(C)CC(=O)C1CCOC1. The molecule has 1 rings (SSSR count). The molecular formula is C12H23NO2. The van der Waals surface area contributed by atoms with Crippen LogP contribution in [-0.4, -0.2) is 43.5 Å². The zero-order chi connectivity index (χ0) is 11.3. The third-order valence-electron chi connectivity index (χ3n) is 3.25. The van der Waals surface area contributed by atoms with Gasteiger partial charge >= 0.3 is 0 Å². The topological polar surface area (TPSA) is 29.5 Å². The summed E-state index contributed by atoms with van der Waals surface area (Å²) < 4.78 is 5.23. The third-order valence-corrected chi connectivity index (χ3v) is 3.25. The molecule has 1 aliphatic rings. The molecule has 15 heavy (non-hydrogen) atoms. The smallest absolute Gasteiger partial charge is 0.152 e. The predicted molar refractivity (Wildman–Crippen MR) is 60.9 cm³/mol. The second-order valence-electron chi connectivity index (χ2n) is 4.58. The van der Waals surface area contributed by atoms with Crippen LogP contribution in [0.2, 0.25) is 0 Å². The summed E-state index contributed by atoms with van der Waals surface area (Å²) in [7, 11) is 2.04. The first-order valence-corrected chi connectivity index (χ1v) is 5.95. The van der Waals surface area contributed by atoms with E-state index in [0.717, 1.165) is 19.4 Å². The fourth-order valence-electron chi connectivity index (χ4n) is 1.96. The Hall–Kier alpha value is -0.410. The van der Waals surface area contributed by atoms with Gasteiger partial charge in [0.2, 0.25) is 0 Å². The summed E-state index contributed by atoms with van der Waals surface area (Å²) in [6, 6.07) is 0.501. The number of ketones is 1. The van der Waals surface area contributed by atoms with Gasteiger partial charge in [0.05, 0.1) is 13.2 Å². The molecule has 3 heteroatoms. The van der Waals surface area contributed by atoms with E-state index in [9.17, 15) is 4.79 Å². The van der Waals surface area contributed by atoms with Crippen molar-refractivity contribution in [1.82, 2.24) is 4.90 Å². The molecule has 0 N–H and O–H groups in total. The van der Waals surface area contributed by atoms with Crippen LogP contribution in [0.5, 0.6) is 0 Å². The first-order valence-electron chi connectivity index (χ1n) is 5.95. The van der Waals surface area contributed by atoms with Gasteiger partial charge in [0.25, 0.3) is 0 Å². The molecule has 0 spiro atoms. The van der Waals surface area contributed by atoms with Crippen molar-refractivity contribution in [2.45, 2.75) is 39.2 Å². The second-order valence-corrected chi connectivity index (χ2v) is 4.58. The van der Waals surface area contributed by atoms with Crippen LogP contribution in [0.25, 0.3) is 0 Å². The van der Waals surface area contributed by atoms with Crippen LogP contribution < -0.4 is 0 Å². The maximum absolute atomic E-state index is 11.8. The average Bonchev–Trinajstić information content (AvgIpc) is 2.70. The Balaban J connectivity index is 2.29. The van der Waals surface area contributed by atoms with Crippen LogP contribution in [0.3, 0.4) is 0 Å². The number of carbonyl (C=O) groups excluding carboxylic acids is 1. The molecule has 1 aliphatic heterocycles. The monoisotopic (exact) mass is 213 g/mol. The molecule has 0 saturated carbocycles. The number of hydrogen-bond acceptors (Lipinski definition) is 3. The van der Waals surface area contributed by atoms with Gasteiger partial charge in [-0.1, -0.05) is 13.3 Å². The molecule has 0 amide bonds. The van der Waals surface area contributed by atoms with Crippen LogP contribution in [0.15, 0.2) is 0 Å². The summed E-state index contributed by atoms with van der Waals surface area (Å²) in [5.74, 6) is 0.499. The van der Waals surface area contributed by atoms with Gasteiger partial charge < -0.3 is 4.74 Å². The molecule has 0 aliphatic carbocycles. The fraction of sp³-hybridized carbons (Fsp3) is 0.917. The zero-order valence-corrected chi connectivity index (χ0v) is 10.2. The van der Waals surface area contributed by atoms with Crippen molar-refractivity contribution in [3.05, 3.63) is 0 Å². The van der Waals surface area contributed by atoms with Crippen LogP contribution in [0.1, 0.15) is 33.1 Å². The normalized spacial score (nSPS) is 23.3. The van der Waals surface area contributed by atoms with Crippen molar-refractivity contribution < 1.29 is 9.53 Å². The predicted octanol–water partition coefficient (Wildman–Crippen LogP) is 1.71. The highest BCUT2D eigenvalue weighted by Gasteiger charge is 2.24. The maximum Gasteiger partial charge on any atom is 0.152 e. The molecule has 2 unspecified atom stereocenters. The molecule has 2 atom stereocenters. The molecule has 0 aromatic heterocycles. The van der Waals surface area contributed by atoms with Crippen LogP contribution in [0.4, 0.5) is 0 Å². The minimum atomic E-state index is 0.154. The lowest BCUT2D eigenvalue weighted by atomic mass is 10.0. The van der Waals surface area contributed by atoms with Gasteiger partial charge in [0, 0.05) is 18.6 Å². The fourth-order valence-corrected chi connectivity index (χ4v) is 1.96. The Morgan fingerprint density at radius 3 is 2.87 bits per heavy atom. The molecule has 0 aromatic rings. The van der Waals surface area contributed by atoms with Crippen molar-refractivity contribution in [2.75, 3.05) is 26.8 Å². The molecule has 0 bridgehead atoms. The molecule has 88 valence electrons. The lowest BCUT2D eigenvalue weighted by Gasteiger charge is -2.24. The summed E-state index contributed by atoms with van der Waals surface area (Å²) in [4.78, 5) is 14.0. The largest absolute Gasteiger partial charge is 0.381 e. The molecule has 1 saturated heterocycles. The molecule has 0 aromatic carbocycles. The van der Waals surface area contributed by atoms with E-state index in [1.54, 1.807) is 0 Å². The number of carbonyl (C=O) groups is 1. The second kappa shape index (κ2) is 6.23. The lowest BCUT2D eigenvalue weighted by Crippen LogP contribution is -2.36. The minimum absolute atomic E-state index is 0.154. The van der Waals surface area contributed by atoms with E-state index in [1.165, 1.54) is 6.42 Å². The molecule has 3 nitrogen and oxygen atoms in total. The van der Waals surface area contributed by atoms with E-state index in [4.69, 9.17) is 4.74 Å². The van der Waals surface area contributed by atoms with Crippen molar-refractivity contribution in [3.63, 3.8) is 0 Å². The Morgan fingerprint density at radius 2 is 2.33 bits per heavy atom. The van der Waals surface area contributed by atoms with Gasteiger partial charge in [-0.2, -0.15) is 0 Å². The van der Waals surface area contributed by atoms with E-state index >= 15 is 0 Å². The Bertz CT molecular complexity index is 200. The zero-order valence-electron chi connectivity index (χ0n) is 10.2. The van der Waals surface area contributed by atoms with Gasteiger partial charge in [-0.15, -0.1) is 0 Å². The van der Waals surface area contributed by atoms with Gasteiger partial charge in [0.15, 0.2) is 5.78 Å². The summed E-state index contributed by atoms with van der Waals surface area (Å²) in [6.45, 7) is 6.33. The van der Waals surface area contributed by atoms with E-state index in [2.05, 4.69) is 18.7 Å². The van der Waals surface area contributed by atoms with Crippen molar-refractivity contribution in [3.8, 4) is 0 Å². The van der Waals surface area contributed by atoms with Gasteiger partial charge in [-0.3, -0.25) is 9.69 Å². The number of hydrogen-bond donors (Lipinski definition) is 0. The van der Waals surface area contributed by atoms with Crippen LogP contribution >= 0.6 is 0 Å². The highest BCUT2D eigenvalue weighted by atomic mass is 16.5. The maximum atomic E-state index is 11.8.